The van der Waals surface area contributed by atoms with Gasteiger partial charge in [0, 0.05) is 43.6 Å². The molecule has 0 unspecified atom stereocenters. The topological polar surface area (TPSA) is 106 Å². The molecule has 0 radical (unpaired) electrons. The highest BCUT2D eigenvalue weighted by atomic mass is 32.2. The summed E-state index contributed by atoms with van der Waals surface area (Å²) in [7, 11) is -3.72. The van der Waals surface area contributed by atoms with Crippen molar-refractivity contribution in [1.82, 2.24) is 19.7 Å². The average molecular weight is 478 g/mol. The fraction of sp³-hybridized carbons (Fsp3) is 0.208. The van der Waals surface area contributed by atoms with E-state index >= 15 is 0 Å². The lowest BCUT2D eigenvalue weighted by molar-refractivity contribution is 0.0950. The van der Waals surface area contributed by atoms with E-state index in [1.54, 1.807) is 59.4 Å². The fourth-order valence-electron chi connectivity index (χ4n) is 3.81. The predicted molar refractivity (Wildman–Crippen MR) is 126 cm³/mol. The Labute approximate surface area is 196 Å². The maximum Gasteiger partial charge on any atom is 0.253 e. The predicted octanol–water partition coefficient (Wildman–Crippen LogP) is 2.33. The number of fused-ring (bicyclic) bond motifs is 1. The molecule has 10 heteroatoms. The number of anilines is 1. The van der Waals surface area contributed by atoms with Gasteiger partial charge in [0.1, 0.15) is 5.65 Å². The van der Waals surface area contributed by atoms with Gasteiger partial charge in [-0.3, -0.25) is 9.78 Å². The molecule has 1 aliphatic rings. The second-order valence-electron chi connectivity index (χ2n) is 7.88. The summed E-state index contributed by atoms with van der Waals surface area (Å²) >= 11 is 0. The number of carbonyl (C=O) groups is 1. The van der Waals surface area contributed by atoms with Gasteiger partial charge in [0.25, 0.3) is 5.91 Å². The zero-order chi connectivity index (χ0) is 23.5. The summed E-state index contributed by atoms with van der Waals surface area (Å²) in [5.74, 6) is -0.256. The standard InChI is InChI=1S/C24H23N5O4S/c30-24(18-4-7-23-25-8-9-29(23)17-18)27-15-19-5-6-22(16-26-19)34(31,32)21-3-1-2-20(14-21)28-10-12-33-13-11-28/h1-9,14,16-17H,10-13,15H2,(H,27,30). The van der Waals surface area contributed by atoms with Crippen LogP contribution in [0.5, 0.6) is 0 Å². The summed E-state index contributed by atoms with van der Waals surface area (Å²) in [6.07, 6.45) is 6.46. The maximum absolute atomic E-state index is 13.2. The number of sulfone groups is 1. The summed E-state index contributed by atoms with van der Waals surface area (Å²) in [5.41, 5.74) is 2.65. The molecule has 0 saturated carbocycles. The Morgan fingerprint density at radius 2 is 1.88 bits per heavy atom. The Balaban J connectivity index is 1.27. The van der Waals surface area contributed by atoms with E-state index in [1.165, 1.54) is 12.3 Å². The number of carbonyl (C=O) groups excluding carboxylic acids is 1. The molecule has 1 amide bonds. The minimum atomic E-state index is -3.72. The highest BCUT2D eigenvalue weighted by molar-refractivity contribution is 7.91. The Kier molecular flexibility index (Phi) is 5.99. The molecule has 0 bridgehead atoms. The van der Waals surface area contributed by atoms with Crippen LogP contribution in [-0.4, -0.2) is 55.0 Å². The van der Waals surface area contributed by atoms with E-state index in [0.717, 1.165) is 24.4 Å². The summed E-state index contributed by atoms with van der Waals surface area (Å²) < 4.78 is 33.5. The quantitative estimate of drug-likeness (QED) is 0.454. The second-order valence-corrected chi connectivity index (χ2v) is 9.83. The van der Waals surface area contributed by atoms with E-state index in [1.807, 2.05) is 6.07 Å². The normalized spacial score (nSPS) is 14.3. The largest absolute Gasteiger partial charge is 0.378 e. The molecule has 0 spiro atoms. The van der Waals surface area contributed by atoms with Gasteiger partial charge in [0.2, 0.25) is 9.84 Å². The van der Waals surface area contributed by atoms with Crippen LogP contribution in [0.2, 0.25) is 0 Å². The zero-order valence-corrected chi connectivity index (χ0v) is 19.1. The van der Waals surface area contributed by atoms with Crippen LogP contribution < -0.4 is 10.2 Å². The maximum atomic E-state index is 13.2. The van der Waals surface area contributed by atoms with Crippen LogP contribution in [-0.2, 0) is 21.1 Å². The van der Waals surface area contributed by atoms with E-state index < -0.39 is 9.84 Å². The van der Waals surface area contributed by atoms with E-state index in [9.17, 15) is 13.2 Å². The zero-order valence-electron chi connectivity index (χ0n) is 18.3. The molecule has 1 aliphatic heterocycles. The van der Waals surface area contributed by atoms with Crippen molar-refractivity contribution in [1.29, 1.82) is 0 Å². The Hall–Kier alpha value is -3.76. The van der Waals surface area contributed by atoms with Crippen LogP contribution in [0.25, 0.3) is 5.65 Å². The minimum absolute atomic E-state index is 0.104. The Bertz CT molecular complexity index is 1430. The first-order valence-corrected chi connectivity index (χ1v) is 12.3. The molecule has 1 saturated heterocycles. The Morgan fingerprint density at radius 3 is 2.68 bits per heavy atom. The molecule has 5 rings (SSSR count). The average Bonchev–Trinajstić information content (AvgIpc) is 3.36. The van der Waals surface area contributed by atoms with Gasteiger partial charge in [0.05, 0.1) is 40.8 Å². The van der Waals surface area contributed by atoms with Crippen LogP contribution in [0.15, 0.2) is 83.1 Å². The van der Waals surface area contributed by atoms with Crippen molar-refractivity contribution < 1.29 is 17.9 Å². The number of ether oxygens (including phenoxy) is 1. The molecule has 1 aromatic carbocycles. The molecule has 174 valence electrons. The van der Waals surface area contributed by atoms with Crippen LogP contribution in [0, 0.1) is 0 Å². The highest BCUT2D eigenvalue weighted by Gasteiger charge is 2.20. The third-order valence-corrected chi connectivity index (χ3v) is 7.43. The number of hydrogen-bond acceptors (Lipinski definition) is 7. The number of imidazole rings is 1. The van der Waals surface area contributed by atoms with Crippen LogP contribution in [0.3, 0.4) is 0 Å². The lowest BCUT2D eigenvalue weighted by Crippen LogP contribution is -2.36. The summed E-state index contributed by atoms with van der Waals surface area (Å²) in [6.45, 7) is 2.87. The number of hydrogen-bond donors (Lipinski definition) is 1. The van der Waals surface area contributed by atoms with Crippen molar-refractivity contribution in [3.05, 3.63) is 84.6 Å². The van der Waals surface area contributed by atoms with Crippen LogP contribution in [0.4, 0.5) is 5.69 Å². The number of benzene rings is 1. The minimum Gasteiger partial charge on any atom is -0.378 e. The summed E-state index contributed by atoms with van der Waals surface area (Å²) in [4.78, 5) is 23.3. The first-order chi connectivity index (χ1) is 16.5. The van der Waals surface area contributed by atoms with Crippen molar-refractivity contribution in [3.63, 3.8) is 0 Å². The first-order valence-electron chi connectivity index (χ1n) is 10.8. The number of nitrogens with one attached hydrogen (secondary N) is 1. The number of pyridine rings is 2. The van der Waals surface area contributed by atoms with Crippen molar-refractivity contribution >= 4 is 27.1 Å². The fourth-order valence-corrected chi connectivity index (χ4v) is 5.05. The number of morpholine rings is 1. The van der Waals surface area contributed by atoms with Crippen molar-refractivity contribution in [2.24, 2.45) is 0 Å². The summed E-state index contributed by atoms with van der Waals surface area (Å²) in [6, 6.07) is 13.5. The Morgan fingerprint density at radius 1 is 1.03 bits per heavy atom. The van der Waals surface area contributed by atoms with Gasteiger partial charge in [-0.25, -0.2) is 13.4 Å². The second kappa shape index (κ2) is 9.24. The van der Waals surface area contributed by atoms with Gasteiger partial charge in [-0.1, -0.05) is 6.07 Å². The third kappa shape index (κ3) is 4.50. The summed E-state index contributed by atoms with van der Waals surface area (Å²) in [5, 5.41) is 2.81. The first kappa shape index (κ1) is 22.1. The number of rotatable bonds is 6. The van der Waals surface area contributed by atoms with E-state index in [2.05, 4.69) is 20.2 Å². The molecular weight excluding hydrogens is 454 g/mol. The molecule has 3 aromatic heterocycles. The van der Waals surface area contributed by atoms with Gasteiger partial charge in [0.15, 0.2) is 0 Å². The van der Waals surface area contributed by atoms with Gasteiger partial charge >= 0.3 is 0 Å². The number of aromatic nitrogens is 3. The molecule has 0 aliphatic carbocycles. The van der Waals surface area contributed by atoms with Crippen molar-refractivity contribution in [3.8, 4) is 0 Å². The lowest BCUT2D eigenvalue weighted by Gasteiger charge is -2.29. The third-order valence-electron chi connectivity index (χ3n) is 5.69. The lowest BCUT2D eigenvalue weighted by atomic mass is 10.2. The molecule has 34 heavy (non-hydrogen) atoms. The molecular formula is C24H23N5O4S. The van der Waals surface area contributed by atoms with Gasteiger partial charge < -0.3 is 19.4 Å². The SMILES string of the molecule is O=C(NCc1ccc(S(=O)(=O)c2cccc(N3CCOCC3)c2)cn1)c1ccc2nccn2c1. The van der Waals surface area contributed by atoms with E-state index in [4.69, 9.17) is 4.74 Å². The van der Waals surface area contributed by atoms with Crippen LogP contribution in [0.1, 0.15) is 16.1 Å². The van der Waals surface area contributed by atoms with Crippen LogP contribution >= 0.6 is 0 Å². The van der Waals surface area contributed by atoms with Gasteiger partial charge in [-0.15, -0.1) is 0 Å². The van der Waals surface area contributed by atoms with E-state index in [-0.39, 0.29) is 22.2 Å². The smallest absolute Gasteiger partial charge is 0.253 e. The van der Waals surface area contributed by atoms with Gasteiger partial charge in [-0.05, 0) is 42.5 Å². The van der Waals surface area contributed by atoms with E-state index in [0.29, 0.717) is 24.5 Å². The molecule has 1 N–H and O–H groups in total. The van der Waals surface area contributed by atoms with Gasteiger partial charge in [-0.2, -0.15) is 0 Å². The highest BCUT2D eigenvalue weighted by Crippen LogP contribution is 2.25. The molecule has 4 heterocycles. The molecule has 0 atom stereocenters. The number of nitrogens with zero attached hydrogens (tertiary/aromatic N) is 4. The van der Waals surface area contributed by atoms with Crippen molar-refractivity contribution in [2.75, 3.05) is 31.2 Å². The monoisotopic (exact) mass is 477 g/mol. The van der Waals surface area contributed by atoms with Crippen molar-refractivity contribution in [2.45, 2.75) is 16.3 Å². The molecule has 1 fully saturated rings. The molecule has 4 aromatic rings. The number of amides is 1. The molecule has 9 nitrogen and oxygen atoms in total.